The lowest BCUT2D eigenvalue weighted by Crippen LogP contribution is -1.92. The lowest BCUT2D eigenvalue weighted by atomic mass is 10.1. The Bertz CT molecular complexity index is 596. The van der Waals surface area contributed by atoms with E-state index in [0.29, 0.717) is 21.5 Å². The van der Waals surface area contributed by atoms with Gasteiger partial charge in [0.15, 0.2) is 6.29 Å². The van der Waals surface area contributed by atoms with Crippen molar-refractivity contribution in [1.82, 2.24) is 0 Å². The molecule has 0 atom stereocenters. The third kappa shape index (κ3) is 2.76. The Balaban J connectivity index is 2.33. The molecule has 0 N–H and O–H groups in total. The highest BCUT2D eigenvalue weighted by Crippen LogP contribution is 2.28. The van der Waals surface area contributed by atoms with E-state index in [4.69, 9.17) is 4.74 Å². The number of ether oxygens (including phenoxy) is 1. The zero-order valence-corrected chi connectivity index (χ0v) is 11.2. The first-order valence-corrected chi connectivity index (χ1v) is 6.08. The molecule has 0 saturated heterocycles. The van der Waals surface area contributed by atoms with Crippen LogP contribution in [-0.4, -0.2) is 6.29 Å². The Hall–Kier alpha value is -1.68. The lowest BCUT2D eigenvalue weighted by molar-refractivity contribution is 0.112. The quantitative estimate of drug-likeness (QED) is 0.780. The monoisotopic (exact) mass is 308 g/mol. The smallest absolute Gasteiger partial charge is 0.153 e. The summed E-state index contributed by atoms with van der Waals surface area (Å²) in [5, 5.41) is 0. The van der Waals surface area contributed by atoms with E-state index in [0.717, 1.165) is 11.8 Å². The van der Waals surface area contributed by atoms with Crippen LogP contribution in [0.4, 0.5) is 4.39 Å². The third-order valence-corrected chi connectivity index (χ3v) is 3.05. The number of halogens is 2. The molecule has 0 bridgehead atoms. The minimum absolute atomic E-state index is 0.350. The normalized spacial score (nSPS) is 10.2. The zero-order valence-electron chi connectivity index (χ0n) is 9.61. The highest BCUT2D eigenvalue weighted by Gasteiger charge is 2.06. The molecule has 2 aromatic carbocycles. The predicted octanol–water partition coefficient (Wildman–Crippen LogP) is 4.50. The molecule has 2 aromatic rings. The van der Waals surface area contributed by atoms with Gasteiger partial charge in [0.05, 0.1) is 10.0 Å². The van der Waals surface area contributed by atoms with Gasteiger partial charge in [-0.25, -0.2) is 4.39 Å². The standard InChI is InChI=1S/C14H10BrFO2/c1-9-2-5-14(10(6-9)8-17)18-11-3-4-12(15)13(16)7-11/h2-8H,1H3. The van der Waals surface area contributed by atoms with E-state index in [-0.39, 0.29) is 0 Å². The largest absolute Gasteiger partial charge is 0.457 e. The molecule has 18 heavy (non-hydrogen) atoms. The van der Waals surface area contributed by atoms with Gasteiger partial charge in [0.2, 0.25) is 0 Å². The fourth-order valence-electron chi connectivity index (χ4n) is 1.52. The summed E-state index contributed by atoms with van der Waals surface area (Å²) in [6.07, 6.45) is 0.720. The Morgan fingerprint density at radius 3 is 2.67 bits per heavy atom. The number of carbonyl (C=O) groups is 1. The van der Waals surface area contributed by atoms with Crippen LogP contribution >= 0.6 is 15.9 Å². The van der Waals surface area contributed by atoms with Gasteiger partial charge in [-0.1, -0.05) is 11.6 Å². The van der Waals surface area contributed by atoms with E-state index in [1.165, 1.54) is 6.07 Å². The van der Waals surface area contributed by atoms with Gasteiger partial charge < -0.3 is 4.74 Å². The van der Waals surface area contributed by atoms with E-state index in [1.54, 1.807) is 24.3 Å². The van der Waals surface area contributed by atoms with Crippen molar-refractivity contribution in [1.29, 1.82) is 0 Å². The second kappa shape index (κ2) is 5.31. The van der Waals surface area contributed by atoms with E-state index in [2.05, 4.69) is 15.9 Å². The topological polar surface area (TPSA) is 26.3 Å². The van der Waals surface area contributed by atoms with Crippen molar-refractivity contribution in [3.8, 4) is 11.5 Å². The second-order valence-corrected chi connectivity index (χ2v) is 4.69. The van der Waals surface area contributed by atoms with Crippen LogP contribution in [0.2, 0.25) is 0 Å². The van der Waals surface area contributed by atoms with Crippen LogP contribution in [0, 0.1) is 12.7 Å². The van der Waals surface area contributed by atoms with Crippen molar-refractivity contribution in [2.24, 2.45) is 0 Å². The minimum atomic E-state index is -0.410. The van der Waals surface area contributed by atoms with Crippen LogP contribution in [0.25, 0.3) is 0 Å². The average molecular weight is 309 g/mol. The molecule has 0 aliphatic carbocycles. The molecule has 4 heteroatoms. The van der Waals surface area contributed by atoms with Crippen LogP contribution in [0.5, 0.6) is 11.5 Å². The fourth-order valence-corrected chi connectivity index (χ4v) is 1.77. The van der Waals surface area contributed by atoms with E-state index >= 15 is 0 Å². The van der Waals surface area contributed by atoms with E-state index < -0.39 is 5.82 Å². The maximum absolute atomic E-state index is 13.3. The van der Waals surface area contributed by atoms with Crippen molar-refractivity contribution in [3.63, 3.8) is 0 Å². The molecule has 0 saturated carbocycles. The van der Waals surface area contributed by atoms with Gasteiger partial charge >= 0.3 is 0 Å². The number of hydrogen-bond acceptors (Lipinski definition) is 2. The minimum Gasteiger partial charge on any atom is -0.457 e. The Kier molecular flexibility index (Phi) is 3.77. The van der Waals surface area contributed by atoms with Gasteiger partial charge in [0.25, 0.3) is 0 Å². The Morgan fingerprint density at radius 2 is 2.00 bits per heavy atom. The summed E-state index contributed by atoms with van der Waals surface area (Å²) in [7, 11) is 0. The summed E-state index contributed by atoms with van der Waals surface area (Å²) in [6.45, 7) is 1.88. The summed E-state index contributed by atoms with van der Waals surface area (Å²) in [4.78, 5) is 10.9. The first-order valence-electron chi connectivity index (χ1n) is 5.29. The second-order valence-electron chi connectivity index (χ2n) is 3.84. The van der Waals surface area contributed by atoms with Gasteiger partial charge in [-0.05, 0) is 47.1 Å². The SMILES string of the molecule is Cc1ccc(Oc2ccc(Br)c(F)c2)c(C=O)c1. The highest BCUT2D eigenvalue weighted by molar-refractivity contribution is 9.10. The lowest BCUT2D eigenvalue weighted by Gasteiger charge is -2.09. The van der Waals surface area contributed by atoms with Crippen LogP contribution in [-0.2, 0) is 0 Å². The summed E-state index contributed by atoms with van der Waals surface area (Å²) in [6, 6.07) is 9.69. The van der Waals surface area contributed by atoms with E-state index in [1.807, 2.05) is 13.0 Å². The molecule has 0 amide bonds. The fraction of sp³-hybridized carbons (Fsp3) is 0.0714. The maximum atomic E-state index is 13.3. The Labute approximate surface area is 113 Å². The van der Waals surface area contributed by atoms with Crippen LogP contribution in [0.1, 0.15) is 15.9 Å². The van der Waals surface area contributed by atoms with Crippen molar-refractivity contribution in [2.75, 3.05) is 0 Å². The zero-order chi connectivity index (χ0) is 13.1. The molecule has 2 rings (SSSR count). The first-order chi connectivity index (χ1) is 8.60. The Morgan fingerprint density at radius 1 is 1.22 bits per heavy atom. The van der Waals surface area contributed by atoms with Crippen LogP contribution < -0.4 is 4.74 Å². The van der Waals surface area contributed by atoms with Gasteiger partial charge in [-0.15, -0.1) is 0 Å². The summed E-state index contributed by atoms with van der Waals surface area (Å²) in [5.41, 5.74) is 1.41. The average Bonchev–Trinajstić information content (AvgIpc) is 2.36. The molecule has 0 radical (unpaired) electrons. The summed E-state index contributed by atoms with van der Waals surface area (Å²) >= 11 is 3.07. The number of carbonyl (C=O) groups excluding carboxylic acids is 1. The van der Waals surface area contributed by atoms with Crippen molar-refractivity contribution in [2.45, 2.75) is 6.92 Å². The molecule has 0 aliphatic heterocycles. The molecule has 0 fully saturated rings. The molecule has 2 nitrogen and oxygen atoms in total. The number of hydrogen-bond donors (Lipinski definition) is 0. The summed E-state index contributed by atoms with van der Waals surface area (Å²) < 4.78 is 19.2. The van der Waals surface area contributed by atoms with E-state index in [9.17, 15) is 9.18 Å². The van der Waals surface area contributed by atoms with Crippen LogP contribution in [0.3, 0.4) is 0 Å². The number of aryl methyl sites for hydroxylation is 1. The van der Waals surface area contributed by atoms with Crippen molar-refractivity contribution < 1.29 is 13.9 Å². The molecule has 0 spiro atoms. The van der Waals surface area contributed by atoms with Gasteiger partial charge in [-0.3, -0.25) is 4.79 Å². The number of benzene rings is 2. The van der Waals surface area contributed by atoms with Crippen LogP contribution in [0.15, 0.2) is 40.9 Å². The van der Waals surface area contributed by atoms with Gasteiger partial charge in [-0.2, -0.15) is 0 Å². The van der Waals surface area contributed by atoms with Crippen molar-refractivity contribution in [3.05, 3.63) is 57.8 Å². The molecular weight excluding hydrogens is 299 g/mol. The molecular formula is C14H10BrFO2. The molecule has 0 aliphatic rings. The maximum Gasteiger partial charge on any atom is 0.153 e. The first kappa shape index (κ1) is 12.8. The molecule has 92 valence electrons. The number of rotatable bonds is 3. The third-order valence-electron chi connectivity index (χ3n) is 2.41. The molecule has 0 aromatic heterocycles. The molecule has 0 heterocycles. The highest BCUT2D eigenvalue weighted by atomic mass is 79.9. The van der Waals surface area contributed by atoms with Gasteiger partial charge in [0.1, 0.15) is 17.3 Å². The molecule has 0 unspecified atom stereocenters. The van der Waals surface area contributed by atoms with Crippen molar-refractivity contribution >= 4 is 22.2 Å². The predicted molar refractivity (Wildman–Crippen MR) is 70.7 cm³/mol. The van der Waals surface area contributed by atoms with Gasteiger partial charge in [0, 0.05) is 6.07 Å². The number of aldehydes is 1. The summed E-state index contributed by atoms with van der Waals surface area (Å²) in [5.74, 6) is 0.354.